The number of carbonyl (C=O) groups is 1. The van der Waals surface area contributed by atoms with Gasteiger partial charge in [-0.25, -0.2) is 4.79 Å². The minimum Gasteiger partial charge on any atom is -0.508 e. The average Bonchev–Trinajstić information content (AvgIpc) is 2.86. The van der Waals surface area contributed by atoms with Crippen molar-refractivity contribution in [3.8, 4) is 11.5 Å². The molecular weight excluding hydrogens is 478 g/mol. The normalized spacial score (nSPS) is 11.8. The Bertz CT molecular complexity index is 916. The monoisotopic (exact) mass is 527 g/mol. The van der Waals surface area contributed by atoms with Crippen LogP contribution in [0, 0.1) is 0 Å². The van der Waals surface area contributed by atoms with Gasteiger partial charge in [0, 0.05) is 25.2 Å². The summed E-state index contributed by atoms with van der Waals surface area (Å²) in [5.74, 6) is 1.20. The number of hydrogen-bond donors (Lipinski definition) is 2. The van der Waals surface area contributed by atoms with E-state index >= 15 is 0 Å². The minimum atomic E-state index is -0.455. The summed E-state index contributed by atoms with van der Waals surface area (Å²) >= 11 is 0. The van der Waals surface area contributed by atoms with Crippen LogP contribution in [-0.4, -0.2) is 43.2 Å². The third-order valence-corrected chi connectivity index (χ3v) is 6.50. The van der Waals surface area contributed by atoms with Gasteiger partial charge < -0.3 is 24.6 Å². The van der Waals surface area contributed by atoms with Crippen molar-refractivity contribution >= 4 is 6.09 Å². The molecule has 0 atom stereocenters. The molecule has 2 N–H and O–H groups in total. The van der Waals surface area contributed by atoms with E-state index in [4.69, 9.17) is 14.2 Å². The molecule has 1 amide bonds. The number of amides is 1. The molecule has 0 aromatic heterocycles. The van der Waals surface area contributed by atoms with E-state index in [1.807, 2.05) is 32.9 Å². The lowest BCUT2D eigenvalue weighted by Crippen LogP contribution is -2.33. The summed E-state index contributed by atoms with van der Waals surface area (Å²) in [7, 11) is 0. The molecule has 6 nitrogen and oxygen atoms in total. The molecule has 0 heterocycles. The molecule has 212 valence electrons. The van der Waals surface area contributed by atoms with Gasteiger partial charge in [-0.15, -0.1) is 0 Å². The SMILES string of the molecule is CC(C)(C)OC(=O)NCCCCOCCCCCCCCOc1ccc(C(C)(C)c2ccc(O)cc2)cc1. The van der Waals surface area contributed by atoms with E-state index in [-0.39, 0.29) is 17.3 Å². The van der Waals surface area contributed by atoms with Crippen LogP contribution in [0.3, 0.4) is 0 Å². The second kappa shape index (κ2) is 16.3. The molecule has 38 heavy (non-hydrogen) atoms. The summed E-state index contributed by atoms with van der Waals surface area (Å²) in [6, 6.07) is 15.8. The molecule has 0 unspecified atom stereocenters. The Hall–Kier alpha value is -2.73. The Balaban J connectivity index is 1.43. The molecule has 6 heteroatoms. The number of rotatable bonds is 17. The molecule has 2 aromatic rings. The Labute approximate surface area is 230 Å². The first kappa shape index (κ1) is 31.5. The Kier molecular flexibility index (Phi) is 13.5. The first-order valence-corrected chi connectivity index (χ1v) is 14.2. The zero-order valence-electron chi connectivity index (χ0n) is 24.2. The largest absolute Gasteiger partial charge is 0.508 e. The van der Waals surface area contributed by atoms with Gasteiger partial charge in [0.05, 0.1) is 6.61 Å². The molecular formula is C32H49NO5. The fourth-order valence-electron chi connectivity index (χ4n) is 4.15. The van der Waals surface area contributed by atoms with Crippen LogP contribution in [0.1, 0.15) is 97.1 Å². The number of nitrogens with one attached hydrogen (secondary N) is 1. The van der Waals surface area contributed by atoms with Crippen LogP contribution >= 0.6 is 0 Å². The molecule has 2 aromatic carbocycles. The van der Waals surface area contributed by atoms with Crippen molar-refractivity contribution in [1.82, 2.24) is 5.32 Å². The van der Waals surface area contributed by atoms with Crippen LogP contribution in [0.25, 0.3) is 0 Å². The first-order valence-electron chi connectivity index (χ1n) is 14.2. The van der Waals surface area contributed by atoms with Crippen molar-refractivity contribution in [1.29, 1.82) is 0 Å². The zero-order chi connectivity index (χ0) is 27.9. The minimum absolute atomic E-state index is 0.141. The van der Waals surface area contributed by atoms with Gasteiger partial charge in [-0.3, -0.25) is 0 Å². The summed E-state index contributed by atoms with van der Waals surface area (Å²) < 4.78 is 16.9. The Morgan fingerprint density at radius 3 is 1.79 bits per heavy atom. The van der Waals surface area contributed by atoms with Crippen molar-refractivity contribution in [3.63, 3.8) is 0 Å². The lowest BCUT2D eigenvalue weighted by atomic mass is 9.78. The standard InChI is InChI=1S/C32H49NO5/c1-31(2,3)38-30(35)33-22-10-13-24-36-23-11-8-6-7-9-12-25-37-29-20-16-27(17-21-29)32(4,5)26-14-18-28(34)19-15-26/h14-21,34H,6-13,22-25H2,1-5H3,(H,33,35). The maximum atomic E-state index is 11.6. The third kappa shape index (κ3) is 12.7. The van der Waals surface area contributed by atoms with E-state index in [1.165, 1.54) is 36.8 Å². The van der Waals surface area contributed by atoms with Crippen LogP contribution < -0.4 is 10.1 Å². The third-order valence-electron chi connectivity index (χ3n) is 6.50. The number of hydrogen-bond acceptors (Lipinski definition) is 5. The quantitative estimate of drug-likeness (QED) is 0.206. The van der Waals surface area contributed by atoms with E-state index in [2.05, 4.69) is 43.4 Å². The maximum Gasteiger partial charge on any atom is 0.407 e. The van der Waals surface area contributed by atoms with Gasteiger partial charge in [0.2, 0.25) is 0 Å². The highest BCUT2D eigenvalue weighted by atomic mass is 16.6. The van der Waals surface area contributed by atoms with Gasteiger partial charge in [-0.05, 0) is 81.8 Å². The van der Waals surface area contributed by atoms with Crippen LogP contribution in [0.2, 0.25) is 0 Å². The number of ether oxygens (including phenoxy) is 3. The fourth-order valence-corrected chi connectivity index (χ4v) is 4.15. The van der Waals surface area contributed by atoms with E-state index < -0.39 is 5.60 Å². The molecule has 0 radical (unpaired) electrons. The van der Waals surface area contributed by atoms with Crippen LogP contribution in [0.15, 0.2) is 48.5 Å². The van der Waals surface area contributed by atoms with Crippen molar-refractivity contribution in [2.24, 2.45) is 0 Å². The van der Waals surface area contributed by atoms with Crippen LogP contribution in [-0.2, 0) is 14.9 Å². The second-order valence-corrected chi connectivity index (χ2v) is 11.4. The topological polar surface area (TPSA) is 77.0 Å². The first-order chi connectivity index (χ1) is 18.1. The molecule has 0 aliphatic rings. The number of phenols is 1. The van der Waals surface area contributed by atoms with E-state index in [9.17, 15) is 9.90 Å². The number of unbranched alkanes of at least 4 members (excludes halogenated alkanes) is 6. The van der Waals surface area contributed by atoms with Crippen molar-refractivity contribution in [2.75, 3.05) is 26.4 Å². The highest BCUT2D eigenvalue weighted by molar-refractivity contribution is 5.67. The molecule has 0 bridgehead atoms. The summed E-state index contributed by atoms with van der Waals surface area (Å²) in [5, 5.41) is 12.3. The number of alkyl carbamates (subject to hydrolysis) is 1. The Morgan fingerprint density at radius 1 is 0.711 bits per heavy atom. The van der Waals surface area contributed by atoms with Gasteiger partial charge >= 0.3 is 6.09 Å². The van der Waals surface area contributed by atoms with E-state index in [0.717, 1.165) is 51.3 Å². The molecule has 0 spiro atoms. The molecule has 0 saturated carbocycles. The number of carbonyl (C=O) groups excluding carboxylic acids is 1. The van der Waals surface area contributed by atoms with Crippen molar-refractivity contribution in [3.05, 3.63) is 59.7 Å². The van der Waals surface area contributed by atoms with Crippen LogP contribution in [0.4, 0.5) is 4.79 Å². The molecule has 2 rings (SSSR count). The lowest BCUT2D eigenvalue weighted by molar-refractivity contribution is 0.0524. The predicted molar refractivity (Wildman–Crippen MR) is 154 cm³/mol. The highest BCUT2D eigenvalue weighted by Gasteiger charge is 2.23. The van der Waals surface area contributed by atoms with Gasteiger partial charge in [0.25, 0.3) is 0 Å². The molecule has 0 fully saturated rings. The summed E-state index contributed by atoms with van der Waals surface area (Å²) in [4.78, 5) is 11.6. The predicted octanol–water partition coefficient (Wildman–Crippen LogP) is 7.76. The maximum absolute atomic E-state index is 11.6. The smallest absolute Gasteiger partial charge is 0.407 e. The molecule has 0 aliphatic heterocycles. The van der Waals surface area contributed by atoms with Gasteiger partial charge in [-0.1, -0.05) is 63.8 Å². The van der Waals surface area contributed by atoms with E-state index in [0.29, 0.717) is 6.54 Å². The number of benzene rings is 2. The zero-order valence-corrected chi connectivity index (χ0v) is 24.2. The average molecular weight is 528 g/mol. The van der Waals surface area contributed by atoms with Gasteiger partial charge in [0.1, 0.15) is 17.1 Å². The van der Waals surface area contributed by atoms with Crippen molar-refractivity contribution < 1.29 is 24.1 Å². The van der Waals surface area contributed by atoms with Crippen molar-refractivity contribution in [2.45, 2.75) is 97.0 Å². The lowest BCUT2D eigenvalue weighted by Gasteiger charge is -2.26. The van der Waals surface area contributed by atoms with E-state index in [1.54, 1.807) is 12.1 Å². The second-order valence-electron chi connectivity index (χ2n) is 11.4. The summed E-state index contributed by atoms with van der Waals surface area (Å²) in [6.07, 6.45) is 8.46. The summed E-state index contributed by atoms with van der Waals surface area (Å²) in [6.45, 7) is 12.9. The fraction of sp³-hybridized carbons (Fsp3) is 0.594. The molecule has 0 aliphatic carbocycles. The summed E-state index contributed by atoms with van der Waals surface area (Å²) in [5.41, 5.74) is 1.79. The number of aromatic hydroxyl groups is 1. The Morgan fingerprint density at radius 2 is 1.21 bits per heavy atom. The molecule has 0 saturated heterocycles. The van der Waals surface area contributed by atoms with Crippen LogP contribution in [0.5, 0.6) is 11.5 Å². The highest BCUT2D eigenvalue weighted by Crippen LogP contribution is 2.33. The number of phenolic OH excluding ortho intramolecular Hbond substituents is 1. The van der Waals surface area contributed by atoms with Gasteiger partial charge in [-0.2, -0.15) is 0 Å². The van der Waals surface area contributed by atoms with Gasteiger partial charge in [0.15, 0.2) is 0 Å².